The third-order valence-corrected chi connectivity index (χ3v) is 4.15. The molecule has 0 amide bonds. The number of nitrogens with one attached hydrogen (secondary N) is 1. The van der Waals surface area contributed by atoms with Crippen molar-refractivity contribution in [3.8, 4) is 0 Å². The quantitative estimate of drug-likeness (QED) is 0.780. The van der Waals surface area contributed by atoms with Crippen molar-refractivity contribution in [2.75, 3.05) is 36.0 Å². The molecule has 1 fully saturated rings. The average molecular weight is 307 g/mol. The van der Waals surface area contributed by atoms with Crippen molar-refractivity contribution in [2.24, 2.45) is 0 Å². The van der Waals surface area contributed by atoms with E-state index in [1.807, 2.05) is 42.6 Å². The zero-order chi connectivity index (χ0) is 15.6. The van der Waals surface area contributed by atoms with Gasteiger partial charge in [-0.1, -0.05) is 18.2 Å². The molecular formula is C17H17N5O. The van der Waals surface area contributed by atoms with Crippen molar-refractivity contribution in [2.45, 2.75) is 0 Å². The molecule has 2 aromatic heterocycles. The first-order valence-electron chi connectivity index (χ1n) is 7.71. The Morgan fingerprint density at radius 2 is 1.65 bits per heavy atom. The molecule has 3 heterocycles. The van der Waals surface area contributed by atoms with Gasteiger partial charge in [-0.25, -0.2) is 9.97 Å². The number of para-hydroxylation sites is 1. The summed E-state index contributed by atoms with van der Waals surface area (Å²) in [6, 6.07) is 13.4. The van der Waals surface area contributed by atoms with Gasteiger partial charge in [-0.15, -0.1) is 0 Å². The van der Waals surface area contributed by atoms with Gasteiger partial charge in [-0.05, 0) is 24.3 Å². The Bertz CT molecular complexity index is 869. The number of nitrogens with zero attached hydrogens (tertiary/aromatic N) is 4. The van der Waals surface area contributed by atoms with Gasteiger partial charge in [0.25, 0.3) is 5.56 Å². The van der Waals surface area contributed by atoms with E-state index in [0.29, 0.717) is 11.3 Å². The van der Waals surface area contributed by atoms with Gasteiger partial charge in [0.05, 0.1) is 10.9 Å². The van der Waals surface area contributed by atoms with Crippen LogP contribution in [0.25, 0.3) is 10.9 Å². The number of piperazine rings is 1. The minimum atomic E-state index is -0.0854. The summed E-state index contributed by atoms with van der Waals surface area (Å²) in [6.45, 7) is 3.32. The predicted octanol–water partition coefficient (Wildman–Crippen LogP) is 1.64. The highest BCUT2D eigenvalue weighted by Crippen LogP contribution is 2.16. The zero-order valence-electron chi connectivity index (χ0n) is 12.6. The van der Waals surface area contributed by atoms with Gasteiger partial charge in [-0.3, -0.25) is 9.78 Å². The van der Waals surface area contributed by atoms with Crippen LogP contribution in [-0.4, -0.2) is 41.1 Å². The van der Waals surface area contributed by atoms with E-state index in [2.05, 4.69) is 24.8 Å². The summed E-state index contributed by atoms with van der Waals surface area (Å²) in [5.41, 5.74) is 0.649. The Morgan fingerprint density at radius 1 is 0.913 bits per heavy atom. The highest BCUT2D eigenvalue weighted by molar-refractivity contribution is 5.78. The number of fused-ring (bicyclic) bond motifs is 1. The molecule has 1 aliphatic rings. The topological polar surface area (TPSA) is 65.1 Å². The van der Waals surface area contributed by atoms with Crippen LogP contribution in [0.15, 0.2) is 53.5 Å². The largest absolute Gasteiger partial charge is 0.353 e. The summed E-state index contributed by atoms with van der Waals surface area (Å²) in [5.74, 6) is 1.64. The van der Waals surface area contributed by atoms with Crippen LogP contribution in [0.2, 0.25) is 0 Å². The second-order valence-electron chi connectivity index (χ2n) is 5.57. The summed E-state index contributed by atoms with van der Waals surface area (Å²) in [5, 5.41) is 0.628. The van der Waals surface area contributed by atoms with E-state index in [-0.39, 0.29) is 5.56 Å². The van der Waals surface area contributed by atoms with Gasteiger partial charge in [0.15, 0.2) is 0 Å². The average Bonchev–Trinajstić information content (AvgIpc) is 2.63. The maximum Gasteiger partial charge on any atom is 0.260 e. The zero-order valence-corrected chi connectivity index (χ0v) is 12.6. The minimum Gasteiger partial charge on any atom is -0.353 e. The summed E-state index contributed by atoms with van der Waals surface area (Å²) < 4.78 is 0. The molecule has 6 nitrogen and oxygen atoms in total. The van der Waals surface area contributed by atoms with Crippen LogP contribution in [0.5, 0.6) is 0 Å². The lowest BCUT2D eigenvalue weighted by Gasteiger charge is -2.35. The van der Waals surface area contributed by atoms with Crippen LogP contribution in [0.4, 0.5) is 11.8 Å². The first-order valence-corrected chi connectivity index (χ1v) is 7.71. The molecule has 0 bridgehead atoms. The molecule has 6 heteroatoms. The lowest BCUT2D eigenvalue weighted by molar-refractivity contribution is 0.635. The summed E-state index contributed by atoms with van der Waals surface area (Å²) in [4.78, 5) is 28.4. The Kier molecular flexibility index (Phi) is 3.42. The van der Waals surface area contributed by atoms with E-state index >= 15 is 0 Å². The van der Waals surface area contributed by atoms with Gasteiger partial charge in [0, 0.05) is 32.4 Å². The molecule has 0 saturated carbocycles. The van der Waals surface area contributed by atoms with Crippen molar-refractivity contribution in [3.05, 3.63) is 59.0 Å². The van der Waals surface area contributed by atoms with Gasteiger partial charge >= 0.3 is 0 Å². The van der Waals surface area contributed by atoms with Crippen LogP contribution < -0.4 is 15.4 Å². The maximum atomic E-state index is 12.2. The van der Waals surface area contributed by atoms with Gasteiger partial charge in [-0.2, -0.15) is 0 Å². The fraction of sp³-hybridized carbons (Fsp3) is 0.235. The van der Waals surface area contributed by atoms with Crippen LogP contribution in [0, 0.1) is 0 Å². The van der Waals surface area contributed by atoms with Crippen molar-refractivity contribution < 1.29 is 0 Å². The first kappa shape index (κ1) is 13.8. The highest BCUT2D eigenvalue weighted by atomic mass is 16.1. The standard InChI is InChI=1S/C17H17N5O/c23-16-13-5-1-2-6-14(13)19-17(20-16)22-11-9-21(10-12-22)15-7-3-4-8-18-15/h1-8H,9-12H2,(H,19,20,23). The molecule has 23 heavy (non-hydrogen) atoms. The van der Waals surface area contributed by atoms with Crippen molar-refractivity contribution in [3.63, 3.8) is 0 Å². The van der Waals surface area contributed by atoms with E-state index in [4.69, 9.17) is 0 Å². The smallest absolute Gasteiger partial charge is 0.260 e. The lowest BCUT2D eigenvalue weighted by Crippen LogP contribution is -2.47. The molecular weight excluding hydrogens is 290 g/mol. The Balaban J connectivity index is 1.56. The minimum absolute atomic E-state index is 0.0854. The number of aromatic amines is 1. The Morgan fingerprint density at radius 3 is 2.43 bits per heavy atom. The van der Waals surface area contributed by atoms with E-state index in [0.717, 1.165) is 37.5 Å². The van der Waals surface area contributed by atoms with Crippen LogP contribution in [0.3, 0.4) is 0 Å². The van der Waals surface area contributed by atoms with Gasteiger partial charge in [0.2, 0.25) is 5.95 Å². The summed E-state index contributed by atoms with van der Waals surface area (Å²) >= 11 is 0. The predicted molar refractivity (Wildman–Crippen MR) is 91.0 cm³/mol. The number of benzene rings is 1. The molecule has 0 unspecified atom stereocenters. The molecule has 1 aromatic carbocycles. The van der Waals surface area contributed by atoms with Crippen LogP contribution in [-0.2, 0) is 0 Å². The van der Waals surface area contributed by atoms with E-state index in [9.17, 15) is 4.79 Å². The molecule has 0 atom stereocenters. The lowest BCUT2D eigenvalue weighted by atomic mass is 10.2. The van der Waals surface area contributed by atoms with E-state index < -0.39 is 0 Å². The third-order valence-electron chi connectivity index (χ3n) is 4.15. The number of hydrogen-bond acceptors (Lipinski definition) is 5. The maximum absolute atomic E-state index is 12.2. The Hall–Kier alpha value is -2.89. The van der Waals surface area contributed by atoms with E-state index in [1.54, 1.807) is 6.07 Å². The number of pyridine rings is 1. The number of anilines is 2. The van der Waals surface area contributed by atoms with Gasteiger partial charge < -0.3 is 9.80 Å². The molecule has 1 saturated heterocycles. The monoisotopic (exact) mass is 307 g/mol. The van der Waals surface area contributed by atoms with Crippen molar-refractivity contribution in [1.29, 1.82) is 0 Å². The van der Waals surface area contributed by atoms with E-state index in [1.165, 1.54) is 0 Å². The molecule has 0 aliphatic carbocycles. The molecule has 3 aromatic rings. The normalized spacial score (nSPS) is 15.1. The molecule has 116 valence electrons. The molecule has 1 N–H and O–H groups in total. The summed E-state index contributed by atoms with van der Waals surface area (Å²) in [7, 11) is 0. The van der Waals surface area contributed by atoms with Crippen molar-refractivity contribution >= 4 is 22.7 Å². The molecule has 0 radical (unpaired) electrons. The number of hydrogen-bond donors (Lipinski definition) is 1. The number of aromatic nitrogens is 3. The Labute approximate surface area is 133 Å². The fourth-order valence-electron chi connectivity index (χ4n) is 2.91. The first-order chi connectivity index (χ1) is 11.3. The summed E-state index contributed by atoms with van der Waals surface area (Å²) in [6.07, 6.45) is 1.81. The van der Waals surface area contributed by atoms with Gasteiger partial charge in [0.1, 0.15) is 5.82 Å². The SMILES string of the molecule is O=c1[nH]c(N2CCN(c3ccccn3)CC2)nc2ccccc12. The molecule has 4 rings (SSSR count). The number of H-pyrrole nitrogens is 1. The fourth-order valence-corrected chi connectivity index (χ4v) is 2.91. The second-order valence-corrected chi connectivity index (χ2v) is 5.57. The number of rotatable bonds is 2. The van der Waals surface area contributed by atoms with Crippen LogP contribution in [0.1, 0.15) is 0 Å². The third kappa shape index (κ3) is 2.63. The highest BCUT2D eigenvalue weighted by Gasteiger charge is 2.20. The van der Waals surface area contributed by atoms with Crippen molar-refractivity contribution in [1.82, 2.24) is 15.0 Å². The molecule has 1 aliphatic heterocycles. The molecule has 0 spiro atoms. The second kappa shape index (κ2) is 5.72. The van der Waals surface area contributed by atoms with Crippen LogP contribution >= 0.6 is 0 Å².